The highest BCUT2D eigenvalue weighted by molar-refractivity contribution is 7.98. The predicted octanol–water partition coefficient (Wildman–Crippen LogP) is 5.87. The zero-order chi connectivity index (χ0) is 24.8. The number of aryl methyl sites for hydroxylation is 1. The van der Waals surface area contributed by atoms with Crippen LogP contribution in [-0.4, -0.2) is 33.2 Å². The van der Waals surface area contributed by atoms with Crippen LogP contribution in [0.15, 0.2) is 82.6 Å². The molecule has 1 fully saturated rings. The van der Waals surface area contributed by atoms with Gasteiger partial charge in [-0.2, -0.15) is 0 Å². The van der Waals surface area contributed by atoms with Gasteiger partial charge in [0.05, 0.1) is 16.7 Å². The molecule has 6 nitrogen and oxygen atoms in total. The number of carbonyl (C=O) groups excluding carboxylic acids is 1. The van der Waals surface area contributed by atoms with Crippen LogP contribution in [0.25, 0.3) is 0 Å². The van der Waals surface area contributed by atoms with E-state index < -0.39 is 15.9 Å². The van der Waals surface area contributed by atoms with Crippen LogP contribution in [0.2, 0.25) is 0 Å². The van der Waals surface area contributed by atoms with Crippen LogP contribution < -0.4 is 14.4 Å². The first-order valence-electron chi connectivity index (χ1n) is 11.7. The molecule has 1 amide bonds. The minimum Gasteiger partial charge on any atom is -0.490 e. The molecular weight excluding hydrogens is 480 g/mol. The zero-order valence-electron chi connectivity index (χ0n) is 19.9. The number of thioether (sulfide) groups is 1. The van der Waals surface area contributed by atoms with Crippen LogP contribution >= 0.6 is 11.8 Å². The number of amides is 1. The van der Waals surface area contributed by atoms with E-state index in [-0.39, 0.29) is 17.5 Å². The van der Waals surface area contributed by atoms with E-state index in [1.54, 1.807) is 48.5 Å². The van der Waals surface area contributed by atoms with E-state index in [9.17, 15) is 13.2 Å². The van der Waals surface area contributed by atoms with E-state index in [2.05, 4.69) is 5.32 Å². The molecule has 0 spiro atoms. The molecule has 1 saturated carbocycles. The third kappa shape index (κ3) is 6.38. The van der Waals surface area contributed by atoms with Gasteiger partial charge in [0, 0.05) is 10.6 Å². The lowest BCUT2D eigenvalue weighted by Gasteiger charge is -2.24. The van der Waals surface area contributed by atoms with E-state index in [1.807, 2.05) is 37.4 Å². The molecule has 0 radical (unpaired) electrons. The van der Waals surface area contributed by atoms with Gasteiger partial charge in [0.15, 0.2) is 0 Å². The summed E-state index contributed by atoms with van der Waals surface area (Å²) in [5.74, 6) is 0.340. The number of carbonyl (C=O) groups is 1. The van der Waals surface area contributed by atoms with Crippen molar-refractivity contribution in [2.45, 2.75) is 48.5 Å². The van der Waals surface area contributed by atoms with Crippen molar-refractivity contribution in [3.05, 3.63) is 78.4 Å². The number of benzene rings is 3. The number of ether oxygens (including phenoxy) is 1. The summed E-state index contributed by atoms with van der Waals surface area (Å²) in [5.41, 5.74) is 2.01. The van der Waals surface area contributed by atoms with E-state index in [0.29, 0.717) is 11.4 Å². The van der Waals surface area contributed by atoms with Gasteiger partial charge in [-0.1, -0.05) is 17.7 Å². The Kier molecular flexibility index (Phi) is 8.03. The molecular formula is C27H30N2O4S2. The molecule has 0 aliphatic heterocycles. The standard InChI is InChI=1S/C27H30N2O4S2/c1-20-7-11-22(12-8-20)29(35(31,32)26-17-15-25(34-2)16-18-26)19-27(30)28-21-9-13-24(14-10-21)33-23-5-3-4-6-23/h7-18,23H,3-6,19H2,1-2H3,(H,28,30). The van der Waals surface area contributed by atoms with E-state index in [4.69, 9.17) is 4.74 Å². The summed E-state index contributed by atoms with van der Waals surface area (Å²) in [6.07, 6.45) is 6.72. The molecule has 0 bridgehead atoms. The van der Waals surface area contributed by atoms with Crippen LogP contribution in [0.3, 0.4) is 0 Å². The van der Waals surface area contributed by atoms with Crippen molar-refractivity contribution >= 4 is 39.1 Å². The molecule has 1 N–H and O–H groups in total. The lowest BCUT2D eigenvalue weighted by atomic mass is 10.2. The second-order valence-electron chi connectivity index (χ2n) is 8.62. The minimum atomic E-state index is -3.96. The second kappa shape index (κ2) is 11.2. The minimum absolute atomic E-state index is 0.136. The largest absolute Gasteiger partial charge is 0.490 e. The molecule has 3 aromatic rings. The number of rotatable bonds is 9. The lowest BCUT2D eigenvalue weighted by Crippen LogP contribution is -2.38. The molecule has 0 saturated heterocycles. The van der Waals surface area contributed by atoms with Gasteiger partial charge >= 0.3 is 0 Å². The van der Waals surface area contributed by atoms with Crippen LogP contribution in [-0.2, 0) is 14.8 Å². The normalized spacial score (nSPS) is 14.0. The average Bonchev–Trinajstić information content (AvgIpc) is 3.37. The van der Waals surface area contributed by atoms with Crippen molar-refractivity contribution in [3.63, 3.8) is 0 Å². The van der Waals surface area contributed by atoms with Crippen molar-refractivity contribution in [1.29, 1.82) is 0 Å². The first-order chi connectivity index (χ1) is 16.8. The quantitative estimate of drug-likeness (QED) is 0.364. The van der Waals surface area contributed by atoms with Gasteiger partial charge in [-0.25, -0.2) is 8.42 Å². The summed E-state index contributed by atoms with van der Waals surface area (Å²) in [6.45, 7) is 1.58. The highest BCUT2D eigenvalue weighted by Crippen LogP contribution is 2.27. The summed E-state index contributed by atoms with van der Waals surface area (Å²) in [7, 11) is -3.96. The Bertz CT molecular complexity index is 1240. The molecule has 0 atom stereocenters. The first kappa shape index (κ1) is 25.1. The second-order valence-corrected chi connectivity index (χ2v) is 11.4. The highest BCUT2D eigenvalue weighted by atomic mass is 32.2. The fourth-order valence-corrected chi connectivity index (χ4v) is 5.88. The van der Waals surface area contributed by atoms with Gasteiger partial charge in [0.25, 0.3) is 10.0 Å². The molecule has 184 valence electrons. The molecule has 1 aliphatic rings. The fraction of sp³-hybridized carbons (Fsp3) is 0.296. The Morgan fingerprint density at radius 3 is 2.20 bits per heavy atom. The Balaban J connectivity index is 1.51. The van der Waals surface area contributed by atoms with E-state index >= 15 is 0 Å². The highest BCUT2D eigenvalue weighted by Gasteiger charge is 2.27. The maximum Gasteiger partial charge on any atom is 0.264 e. The summed E-state index contributed by atoms with van der Waals surface area (Å²) >= 11 is 1.53. The monoisotopic (exact) mass is 510 g/mol. The fourth-order valence-electron chi connectivity index (χ4n) is 4.05. The van der Waals surface area contributed by atoms with Crippen LogP contribution in [0.4, 0.5) is 11.4 Å². The van der Waals surface area contributed by atoms with Crippen molar-refractivity contribution in [2.75, 3.05) is 22.4 Å². The van der Waals surface area contributed by atoms with Crippen molar-refractivity contribution in [2.24, 2.45) is 0 Å². The summed E-state index contributed by atoms with van der Waals surface area (Å²) in [4.78, 5) is 14.1. The summed E-state index contributed by atoms with van der Waals surface area (Å²) in [5, 5.41) is 2.81. The van der Waals surface area contributed by atoms with Gasteiger partial charge in [-0.05, 0) is 99.5 Å². The van der Waals surface area contributed by atoms with Crippen molar-refractivity contribution in [1.82, 2.24) is 0 Å². The number of anilines is 2. The van der Waals surface area contributed by atoms with Gasteiger partial charge in [-0.15, -0.1) is 11.8 Å². The molecule has 0 aromatic heterocycles. The molecule has 3 aromatic carbocycles. The van der Waals surface area contributed by atoms with Gasteiger partial charge in [0.1, 0.15) is 12.3 Å². The average molecular weight is 511 g/mol. The molecule has 35 heavy (non-hydrogen) atoms. The molecule has 8 heteroatoms. The van der Waals surface area contributed by atoms with Gasteiger partial charge < -0.3 is 10.1 Å². The van der Waals surface area contributed by atoms with Crippen LogP contribution in [0, 0.1) is 6.92 Å². The molecule has 0 unspecified atom stereocenters. The lowest BCUT2D eigenvalue weighted by molar-refractivity contribution is -0.114. The predicted molar refractivity (Wildman–Crippen MR) is 142 cm³/mol. The Morgan fingerprint density at radius 2 is 1.60 bits per heavy atom. The molecule has 4 rings (SSSR count). The zero-order valence-corrected chi connectivity index (χ0v) is 21.6. The SMILES string of the molecule is CSc1ccc(S(=O)(=O)N(CC(=O)Nc2ccc(OC3CCCC3)cc2)c2ccc(C)cc2)cc1. The Morgan fingerprint density at radius 1 is 0.971 bits per heavy atom. The smallest absolute Gasteiger partial charge is 0.264 e. The third-order valence-corrected chi connectivity index (χ3v) is 8.53. The number of hydrogen-bond donors (Lipinski definition) is 1. The number of sulfonamides is 1. The van der Waals surface area contributed by atoms with E-state index in [1.165, 1.54) is 24.6 Å². The topological polar surface area (TPSA) is 75.7 Å². The Hall–Kier alpha value is -2.97. The number of nitrogens with one attached hydrogen (secondary N) is 1. The molecule has 1 aliphatic carbocycles. The van der Waals surface area contributed by atoms with E-state index in [0.717, 1.165) is 33.4 Å². The van der Waals surface area contributed by atoms with Crippen molar-refractivity contribution < 1.29 is 17.9 Å². The van der Waals surface area contributed by atoms with Gasteiger partial charge in [-0.3, -0.25) is 9.10 Å². The van der Waals surface area contributed by atoms with Gasteiger partial charge in [0.2, 0.25) is 5.91 Å². The number of hydrogen-bond acceptors (Lipinski definition) is 5. The number of nitrogens with zero attached hydrogens (tertiary/aromatic N) is 1. The maximum absolute atomic E-state index is 13.5. The van der Waals surface area contributed by atoms with Crippen LogP contribution in [0.1, 0.15) is 31.2 Å². The first-order valence-corrected chi connectivity index (χ1v) is 14.3. The summed E-state index contributed by atoms with van der Waals surface area (Å²) in [6, 6.07) is 21.0. The third-order valence-electron chi connectivity index (χ3n) is 6.00. The molecule has 0 heterocycles. The summed E-state index contributed by atoms with van der Waals surface area (Å²) < 4.78 is 34.2. The Labute approximate surface area is 211 Å². The van der Waals surface area contributed by atoms with Crippen LogP contribution in [0.5, 0.6) is 5.75 Å². The maximum atomic E-state index is 13.5. The van der Waals surface area contributed by atoms with Crippen molar-refractivity contribution in [3.8, 4) is 5.75 Å².